The number of aryl methyl sites for hydroxylation is 1. The van der Waals surface area contributed by atoms with Crippen LogP contribution in [-0.2, 0) is 11.2 Å². The molecular formula is C19H17ClN2O2S. The molecule has 25 heavy (non-hydrogen) atoms. The Balaban J connectivity index is 1.71. The van der Waals surface area contributed by atoms with E-state index in [1.165, 1.54) is 24.0 Å². The summed E-state index contributed by atoms with van der Waals surface area (Å²) in [6.07, 6.45) is 0.192. The highest BCUT2D eigenvalue weighted by Crippen LogP contribution is 2.32. The fourth-order valence-electron chi connectivity index (χ4n) is 2.47. The average Bonchev–Trinajstić information content (AvgIpc) is 3.03. The minimum absolute atomic E-state index is 0.165. The summed E-state index contributed by atoms with van der Waals surface area (Å²) in [5.41, 5.74) is 3.53. The molecular weight excluding hydrogens is 356 g/mol. The van der Waals surface area contributed by atoms with E-state index in [0.29, 0.717) is 16.5 Å². The lowest BCUT2D eigenvalue weighted by molar-refractivity contribution is -0.115. The first-order valence-corrected chi connectivity index (χ1v) is 8.96. The highest BCUT2D eigenvalue weighted by molar-refractivity contribution is 7.13. The normalized spacial score (nSPS) is 10.5. The number of halogens is 1. The Morgan fingerprint density at radius 3 is 2.84 bits per heavy atom. The van der Waals surface area contributed by atoms with E-state index in [4.69, 9.17) is 16.3 Å². The number of aromatic nitrogens is 1. The monoisotopic (exact) mass is 372 g/mol. The van der Waals surface area contributed by atoms with Crippen LogP contribution in [0.25, 0.3) is 10.6 Å². The van der Waals surface area contributed by atoms with Crippen molar-refractivity contribution in [2.24, 2.45) is 0 Å². The molecule has 0 atom stereocenters. The van der Waals surface area contributed by atoms with Crippen LogP contribution in [0, 0.1) is 6.92 Å². The summed E-state index contributed by atoms with van der Waals surface area (Å²) >= 11 is 7.60. The fraction of sp³-hybridized carbons (Fsp3) is 0.158. The van der Waals surface area contributed by atoms with Crippen molar-refractivity contribution in [3.63, 3.8) is 0 Å². The first-order valence-electron chi connectivity index (χ1n) is 7.70. The van der Waals surface area contributed by atoms with Crippen LogP contribution in [0.4, 0.5) is 5.69 Å². The molecule has 6 heteroatoms. The molecule has 0 aliphatic heterocycles. The van der Waals surface area contributed by atoms with Crippen molar-refractivity contribution < 1.29 is 9.53 Å². The van der Waals surface area contributed by atoms with E-state index >= 15 is 0 Å². The summed E-state index contributed by atoms with van der Waals surface area (Å²) in [7, 11) is 1.52. The summed E-state index contributed by atoms with van der Waals surface area (Å²) in [5.74, 6) is 0.290. The Hall–Kier alpha value is -2.37. The van der Waals surface area contributed by atoms with Crippen molar-refractivity contribution in [1.82, 2.24) is 4.98 Å². The summed E-state index contributed by atoms with van der Waals surface area (Å²) in [4.78, 5) is 16.9. The zero-order chi connectivity index (χ0) is 17.8. The molecule has 1 aromatic heterocycles. The van der Waals surface area contributed by atoms with Gasteiger partial charge in [-0.1, -0.05) is 41.4 Å². The number of carbonyl (C=O) groups is 1. The van der Waals surface area contributed by atoms with Gasteiger partial charge in [0, 0.05) is 10.9 Å². The molecule has 1 heterocycles. The number of amides is 1. The van der Waals surface area contributed by atoms with Gasteiger partial charge in [0.25, 0.3) is 0 Å². The fourth-order valence-corrected chi connectivity index (χ4v) is 3.54. The SMILES string of the molecule is COc1c(Cl)cccc1NC(=O)Cc1csc(-c2cccc(C)c2)n1. The minimum Gasteiger partial charge on any atom is -0.493 e. The van der Waals surface area contributed by atoms with Gasteiger partial charge in [0.15, 0.2) is 5.75 Å². The predicted molar refractivity (Wildman–Crippen MR) is 103 cm³/mol. The Kier molecular flexibility index (Phi) is 5.36. The maximum atomic E-state index is 12.3. The van der Waals surface area contributed by atoms with Crippen LogP contribution in [0.1, 0.15) is 11.3 Å². The number of hydrogen-bond donors (Lipinski definition) is 1. The number of thiazole rings is 1. The first kappa shape index (κ1) is 17.5. The molecule has 0 fully saturated rings. The van der Waals surface area contributed by atoms with Gasteiger partial charge in [-0.3, -0.25) is 4.79 Å². The number of carbonyl (C=O) groups excluding carboxylic acids is 1. The van der Waals surface area contributed by atoms with E-state index in [0.717, 1.165) is 16.3 Å². The Bertz CT molecular complexity index is 908. The van der Waals surface area contributed by atoms with Gasteiger partial charge in [-0.15, -0.1) is 11.3 Å². The molecule has 0 radical (unpaired) electrons. The summed E-state index contributed by atoms with van der Waals surface area (Å²) in [6.45, 7) is 2.05. The quantitative estimate of drug-likeness (QED) is 0.688. The maximum absolute atomic E-state index is 12.3. The number of anilines is 1. The molecule has 2 aromatic carbocycles. The van der Waals surface area contributed by atoms with E-state index in [-0.39, 0.29) is 12.3 Å². The molecule has 0 bridgehead atoms. The lowest BCUT2D eigenvalue weighted by atomic mass is 10.1. The van der Waals surface area contributed by atoms with E-state index in [2.05, 4.69) is 16.4 Å². The third-order valence-corrected chi connectivity index (χ3v) is 4.84. The van der Waals surface area contributed by atoms with E-state index in [9.17, 15) is 4.79 Å². The van der Waals surface area contributed by atoms with Gasteiger partial charge in [0.05, 0.1) is 29.9 Å². The second-order valence-corrected chi connectivity index (χ2v) is 6.82. The Morgan fingerprint density at radius 2 is 2.08 bits per heavy atom. The molecule has 0 unspecified atom stereocenters. The van der Waals surface area contributed by atoms with Crippen LogP contribution in [0.5, 0.6) is 5.75 Å². The van der Waals surface area contributed by atoms with Gasteiger partial charge in [-0.25, -0.2) is 4.98 Å². The number of para-hydroxylation sites is 1. The highest BCUT2D eigenvalue weighted by Gasteiger charge is 2.13. The van der Waals surface area contributed by atoms with E-state index in [1.807, 2.05) is 30.5 Å². The molecule has 4 nitrogen and oxygen atoms in total. The molecule has 1 amide bonds. The minimum atomic E-state index is -0.165. The number of ether oxygens (including phenoxy) is 1. The smallest absolute Gasteiger partial charge is 0.230 e. The van der Waals surface area contributed by atoms with Crippen molar-refractivity contribution in [3.8, 4) is 16.3 Å². The molecule has 0 aliphatic carbocycles. The third kappa shape index (κ3) is 4.18. The second-order valence-electron chi connectivity index (χ2n) is 5.56. The van der Waals surface area contributed by atoms with Gasteiger partial charge in [-0.05, 0) is 25.1 Å². The number of nitrogens with zero attached hydrogens (tertiary/aromatic N) is 1. The van der Waals surface area contributed by atoms with E-state index < -0.39 is 0 Å². The summed E-state index contributed by atoms with van der Waals surface area (Å²) in [6, 6.07) is 13.4. The van der Waals surface area contributed by atoms with Crippen LogP contribution in [0.2, 0.25) is 5.02 Å². The molecule has 0 saturated carbocycles. The number of methoxy groups -OCH3 is 1. The predicted octanol–water partition coefficient (Wildman–Crippen LogP) is 4.96. The van der Waals surface area contributed by atoms with Gasteiger partial charge in [0.1, 0.15) is 5.01 Å². The number of nitrogens with one attached hydrogen (secondary N) is 1. The number of rotatable bonds is 5. The third-order valence-electron chi connectivity index (χ3n) is 3.60. The van der Waals surface area contributed by atoms with Crippen LogP contribution in [-0.4, -0.2) is 18.0 Å². The molecule has 128 valence electrons. The topological polar surface area (TPSA) is 51.2 Å². The molecule has 0 aliphatic rings. The highest BCUT2D eigenvalue weighted by atomic mass is 35.5. The number of hydrogen-bond acceptors (Lipinski definition) is 4. The van der Waals surface area contributed by atoms with E-state index in [1.54, 1.807) is 18.2 Å². The molecule has 0 spiro atoms. The maximum Gasteiger partial charge on any atom is 0.230 e. The lowest BCUT2D eigenvalue weighted by Gasteiger charge is -2.10. The van der Waals surface area contributed by atoms with Crippen molar-refractivity contribution in [2.75, 3.05) is 12.4 Å². The largest absolute Gasteiger partial charge is 0.493 e. The molecule has 1 N–H and O–H groups in total. The van der Waals surface area contributed by atoms with Crippen molar-refractivity contribution in [2.45, 2.75) is 13.3 Å². The lowest BCUT2D eigenvalue weighted by Crippen LogP contribution is -2.15. The summed E-state index contributed by atoms with van der Waals surface area (Å²) in [5, 5.41) is 6.10. The summed E-state index contributed by atoms with van der Waals surface area (Å²) < 4.78 is 5.24. The number of benzene rings is 2. The van der Waals surface area contributed by atoms with Crippen molar-refractivity contribution in [1.29, 1.82) is 0 Å². The first-order chi connectivity index (χ1) is 12.1. The zero-order valence-electron chi connectivity index (χ0n) is 13.9. The van der Waals surface area contributed by atoms with Crippen LogP contribution >= 0.6 is 22.9 Å². The zero-order valence-corrected chi connectivity index (χ0v) is 15.4. The van der Waals surface area contributed by atoms with Crippen molar-refractivity contribution in [3.05, 3.63) is 64.1 Å². The molecule has 3 rings (SSSR count). The second kappa shape index (κ2) is 7.68. The molecule has 0 saturated heterocycles. The Morgan fingerprint density at radius 1 is 1.28 bits per heavy atom. The van der Waals surface area contributed by atoms with Crippen molar-refractivity contribution >= 4 is 34.5 Å². The van der Waals surface area contributed by atoms with Crippen LogP contribution < -0.4 is 10.1 Å². The standard InChI is InChI=1S/C19H17ClN2O2S/c1-12-5-3-6-13(9-12)19-21-14(11-25-19)10-17(23)22-16-8-4-7-15(20)18(16)24-2/h3-9,11H,10H2,1-2H3,(H,22,23). The molecule has 3 aromatic rings. The van der Waals surface area contributed by atoms with Crippen LogP contribution in [0.3, 0.4) is 0 Å². The average molecular weight is 373 g/mol. The van der Waals surface area contributed by atoms with Gasteiger partial charge in [-0.2, -0.15) is 0 Å². The van der Waals surface area contributed by atoms with Gasteiger partial charge >= 0.3 is 0 Å². The van der Waals surface area contributed by atoms with Gasteiger partial charge in [0.2, 0.25) is 5.91 Å². The Labute approximate surface area is 155 Å². The van der Waals surface area contributed by atoms with Crippen LogP contribution in [0.15, 0.2) is 47.8 Å². The van der Waals surface area contributed by atoms with Gasteiger partial charge < -0.3 is 10.1 Å².